The molecule has 14 heteroatoms. The molecule has 3 atom stereocenters. The van der Waals surface area contributed by atoms with Crippen LogP contribution in [0.4, 0.5) is 4.79 Å². The van der Waals surface area contributed by atoms with Gasteiger partial charge >= 0.3 is 6.03 Å². The van der Waals surface area contributed by atoms with Gasteiger partial charge in [0, 0.05) is 35.3 Å². The highest BCUT2D eigenvalue weighted by Gasteiger charge is 2.54. The third kappa shape index (κ3) is 5.69. The first-order chi connectivity index (χ1) is 19.5. The van der Waals surface area contributed by atoms with Crippen molar-refractivity contribution in [2.75, 3.05) is 19.6 Å². The van der Waals surface area contributed by atoms with Crippen LogP contribution in [-0.2, 0) is 26.0 Å². The van der Waals surface area contributed by atoms with Crippen LogP contribution in [0.25, 0.3) is 0 Å². The van der Waals surface area contributed by atoms with Crippen molar-refractivity contribution in [3.63, 3.8) is 0 Å². The van der Waals surface area contributed by atoms with Crippen LogP contribution in [-0.4, -0.2) is 78.3 Å². The van der Waals surface area contributed by atoms with Gasteiger partial charge in [-0.3, -0.25) is 9.59 Å². The second-order valence-corrected chi connectivity index (χ2v) is 12.8. The molecular weight excluding hydrogens is 613 g/mol. The molecular formula is C27H26Cl3N5O5S. The molecule has 0 spiro atoms. The molecule has 2 N–H and O–H groups in total. The molecule has 3 aliphatic rings. The van der Waals surface area contributed by atoms with Crippen molar-refractivity contribution in [1.82, 2.24) is 24.7 Å². The molecule has 0 saturated carbocycles. The monoisotopic (exact) mass is 637 g/mol. The van der Waals surface area contributed by atoms with Crippen molar-refractivity contribution in [2.24, 2.45) is 0 Å². The van der Waals surface area contributed by atoms with Gasteiger partial charge < -0.3 is 20.4 Å². The van der Waals surface area contributed by atoms with Gasteiger partial charge in [-0.1, -0.05) is 53.0 Å². The maximum absolute atomic E-state index is 14.2. The van der Waals surface area contributed by atoms with Crippen LogP contribution in [0.15, 0.2) is 71.3 Å². The average Bonchev–Trinajstić information content (AvgIpc) is 2.88. The predicted octanol–water partition coefficient (Wildman–Crippen LogP) is 3.40. The summed E-state index contributed by atoms with van der Waals surface area (Å²) < 4.78 is 29.5. The van der Waals surface area contributed by atoms with Gasteiger partial charge in [0.1, 0.15) is 23.1 Å². The molecule has 2 aromatic carbocycles. The fraction of sp³-hybridized carbons (Fsp3) is 0.296. The summed E-state index contributed by atoms with van der Waals surface area (Å²) in [5.74, 6) is -0.944. The number of urea groups is 1. The highest BCUT2D eigenvalue weighted by atomic mass is 35.5. The summed E-state index contributed by atoms with van der Waals surface area (Å²) in [6, 6.07) is 7.86. The van der Waals surface area contributed by atoms with Crippen molar-refractivity contribution >= 4 is 62.7 Å². The third-order valence-corrected chi connectivity index (χ3v) is 9.95. The van der Waals surface area contributed by atoms with E-state index in [4.69, 9.17) is 34.8 Å². The molecule has 1 aliphatic carbocycles. The van der Waals surface area contributed by atoms with Gasteiger partial charge in [-0.05, 0) is 55.0 Å². The first-order valence-corrected chi connectivity index (χ1v) is 15.4. The number of carbonyl (C=O) groups is 3. The van der Waals surface area contributed by atoms with Crippen molar-refractivity contribution in [3.05, 3.63) is 87.0 Å². The van der Waals surface area contributed by atoms with E-state index < -0.39 is 40.2 Å². The van der Waals surface area contributed by atoms with E-state index in [1.807, 2.05) is 0 Å². The van der Waals surface area contributed by atoms with Gasteiger partial charge in [-0.2, -0.15) is 4.31 Å². The number of sulfonamides is 1. The van der Waals surface area contributed by atoms with E-state index in [0.717, 1.165) is 4.31 Å². The first-order valence-electron chi connectivity index (χ1n) is 12.8. The summed E-state index contributed by atoms with van der Waals surface area (Å²) >= 11 is 18.4. The number of hydrogen-bond acceptors (Lipinski definition) is 5. The Hall–Kier alpha value is -3.09. The van der Waals surface area contributed by atoms with Crippen LogP contribution < -0.4 is 10.6 Å². The van der Waals surface area contributed by atoms with E-state index in [0.29, 0.717) is 16.3 Å². The summed E-state index contributed by atoms with van der Waals surface area (Å²) in [6.45, 7) is 1.51. The van der Waals surface area contributed by atoms with Crippen LogP contribution in [0.3, 0.4) is 0 Å². The molecule has 2 heterocycles. The standard InChI is InChI=1S/C27H26Cl3N5O5S/c1-2-31-27(38)32-21-14-34(41(39,40)23-11-10-18(29)13-20(23)30)24-15-33(19-4-3-5-19)26(37)22(35(24)25(21)36)12-16-6-8-17(28)9-7-16/h3-11,13,21-22,24H,2,12,14-15H2,1H3,(H2,31,32,38). The second kappa shape index (κ2) is 11.7. The molecule has 10 nitrogen and oxygen atoms in total. The summed E-state index contributed by atoms with van der Waals surface area (Å²) in [4.78, 5) is 42.9. The number of amides is 4. The number of nitrogens with zero attached hydrogens (tertiary/aromatic N) is 3. The molecule has 41 heavy (non-hydrogen) atoms. The molecule has 216 valence electrons. The lowest BCUT2D eigenvalue weighted by molar-refractivity contribution is -0.164. The summed E-state index contributed by atoms with van der Waals surface area (Å²) in [6.07, 6.45) is 4.26. The Balaban J connectivity index is 1.61. The number of rotatable bonds is 7. The summed E-state index contributed by atoms with van der Waals surface area (Å²) in [5, 5.41) is 5.80. The first kappa shape index (κ1) is 29.4. The van der Waals surface area contributed by atoms with Crippen LogP contribution in [0.5, 0.6) is 0 Å². The van der Waals surface area contributed by atoms with Crippen molar-refractivity contribution < 1.29 is 22.8 Å². The number of halogens is 3. The Morgan fingerprint density at radius 3 is 2.29 bits per heavy atom. The van der Waals surface area contributed by atoms with Gasteiger partial charge in [0.05, 0.1) is 11.6 Å². The van der Waals surface area contributed by atoms with E-state index in [2.05, 4.69) is 10.6 Å². The lowest BCUT2D eigenvalue weighted by Gasteiger charge is -2.53. The number of nitrogens with one attached hydrogen (secondary N) is 2. The Labute approximate surface area is 252 Å². The van der Waals surface area contributed by atoms with Gasteiger partial charge in [-0.15, -0.1) is 0 Å². The minimum atomic E-state index is -4.36. The van der Waals surface area contributed by atoms with Gasteiger partial charge in [-0.25, -0.2) is 13.2 Å². The zero-order valence-electron chi connectivity index (χ0n) is 21.8. The highest BCUT2D eigenvalue weighted by Crippen LogP contribution is 2.36. The second-order valence-electron chi connectivity index (χ2n) is 9.68. The third-order valence-electron chi connectivity index (χ3n) is 7.11. The van der Waals surface area contributed by atoms with E-state index in [-0.39, 0.29) is 46.9 Å². The molecule has 2 saturated heterocycles. The molecule has 0 radical (unpaired) electrons. The number of hydrogen-bond donors (Lipinski definition) is 2. The summed E-state index contributed by atoms with van der Waals surface area (Å²) in [5.41, 5.74) is 1.32. The zero-order valence-corrected chi connectivity index (χ0v) is 24.8. The minimum Gasteiger partial charge on any atom is -0.338 e. The minimum absolute atomic E-state index is 0.0925. The largest absolute Gasteiger partial charge is 0.338 e. The number of carbonyl (C=O) groups excluding carboxylic acids is 3. The molecule has 2 fully saturated rings. The zero-order chi connectivity index (χ0) is 29.5. The van der Waals surface area contributed by atoms with Crippen molar-refractivity contribution in [2.45, 2.75) is 36.5 Å². The van der Waals surface area contributed by atoms with E-state index in [9.17, 15) is 22.8 Å². The van der Waals surface area contributed by atoms with E-state index in [1.165, 1.54) is 28.0 Å². The Morgan fingerprint density at radius 2 is 1.68 bits per heavy atom. The molecule has 0 bridgehead atoms. The van der Waals surface area contributed by atoms with Crippen LogP contribution in [0, 0.1) is 0 Å². The normalized spacial score (nSPS) is 22.6. The molecule has 0 aromatic heterocycles. The Morgan fingerprint density at radius 1 is 1.00 bits per heavy atom. The molecule has 3 unspecified atom stereocenters. The van der Waals surface area contributed by atoms with Crippen molar-refractivity contribution in [1.29, 1.82) is 0 Å². The quantitative estimate of drug-likeness (QED) is 0.482. The summed E-state index contributed by atoms with van der Waals surface area (Å²) in [7, 11) is -4.36. The van der Waals surface area contributed by atoms with Gasteiger partial charge in [0.2, 0.25) is 21.8 Å². The number of allylic oxidation sites excluding steroid dienone is 3. The smallest absolute Gasteiger partial charge is 0.315 e. The topological polar surface area (TPSA) is 119 Å². The van der Waals surface area contributed by atoms with Crippen LogP contribution in [0.2, 0.25) is 15.1 Å². The molecule has 2 aromatic rings. The highest BCUT2D eigenvalue weighted by molar-refractivity contribution is 7.89. The lowest BCUT2D eigenvalue weighted by Crippen LogP contribution is -2.76. The van der Waals surface area contributed by atoms with E-state index in [1.54, 1.807) is 49.4 Å². The molecule has 5 rings (SSSR count). The number of benzene rings is 2. The number of fused-ring (bicyclic) bond motifs is 1. The maximum Gasteiger partial charge on any atom is 0.315 e. The fourth-order valence-corrected chi connectivity index (χ4v) is 7.57. The van der Waals surface area contributed by atoms with Gasteiger partial charge in [0.15, 0.2) is 0 Å². The Kier molecular flexibility index (Phi) is 8.36. The van der Waals surface area contributed by atoms with Crippen molar-refractivity contribution in [3.8, 4) is 0 Å². The van der Waals surface area contributed by atoms with Crippen LogP contribution >= 0.6 is 34.8 Å². The average molecular weight is 639 g/mol. The lowest BCUT2D eigenvalue weighted by atomic mass is 9.96. The van der Waals surface area contributed by atoms with Crippen LogP contribution in [0.1, 0.15) is 12.5 Å². The SMILES string of the molecule is CCNC(=O)NC1CN(S(=O)(=O)c2ccc(Cl)cc2Cl)C2CN(C3=CC=C3)C(=O)C(Cc3ccc(Cl)cc3)N2C1=O. The maximum atomic E-state index is 14.2. The fourth-order valence-electron chi connectivity index (χ4n) is 5.11. The Bertz CT molecular complexity index is 1560. The number of piperazine rings is 1. The molecule has 2 aliphatic heterocycles. The van der Waals surface area contributed by atoms with E-state index >= 15 is 0 Å². The molecule has 4 amide bonds. The van der Waals surface area contributed by atoms with Gasteiger partial charge in [0.25, 0.3) is 0 Å². The predicted molar refractivity (Wildman–Crippen MR) is 155 cm³/mol.